The molecule has 6 heteroatoms. The Hall–Kier alpha value is -2.53. The van der Waals surface area contributed by atoms with Crippen molar-refractivity contribution in [3.8, 4) is 0 Å². The van der Waals surface area contributed by atoms with Crippen LogP contribution in [0.4, 0.5) is 11.4 Å². The second kappa shape index (κ2) is 8.36. The lowest BCUT2D eigenvalue weighted by Gasteiger charge is -2.10. The van der Waals surface area contributed by atoms with Crippen LogP contribution in [0.15, 0.2) is 42.5 Å². The molecule has 5 nitrogen and oxygen atoms in total. The predicted molar refractivity (Wildman–Crippen MR) is 97.8 cm³/mol. The highest BCUT2D eigenvalue weighted by Crippen LogP contribution is 2.22. The number of aryl methyl sites for hydroxylation is 1. The molecule has 0 heterocycles. The maximum atomic E-state index is 12.1. The van der Waals surface area contributed by atoms with Crippen molar-refractivity contribution < 1.29 is 9.59 Å². The largest absolute Gasteiger partial charge is 0.375 e. The van der Waals surface area contributed by atoms with Gasteiger partial charge in [0.1, 0.15) is 0 Å². The Kier molecular flexibility index (Phi) is 6.21. The molecule has 126 valence electrons. The van der Waals surface area contributed by atoms with E-state index in [0.717, 1.165) is 5.56 Å². The van der Waals surface area contributed by atoms with Crippen molar-refractivity contribution in [2.75, 3.05) is 23.7 Å². The zero-order valence-corrected chi connectivity index (χ0v) is 14.4. The van der Waals surface area contributed by atoms with E-state index in [1.165, 1.54) is 0 Å². The molecule has 2 aromatic carbocycles. The van der Waals surface area contributed by atoms with Gasteiger partial charge in [0.25, 0.3) is 5.91 Å². The Labute approximate surface area is 146 Å². The van der Waals surface area contributed by atoms with Crippen LogP contribution in [0, 0.1) is 6.92 Å². The number of benzene rings is 2. The highest BCUT2D eigenvalue weighted by molar-refractivity contribution is 6.33. The fourth-order valence-corrected chi connectivity index (χ4v) is 2.45. The summed E-state index contributed by atoms with van der Waals surface area (Å²) in [4.78, 5) is 23.9. The summed E-state index contributed by atoms with van der Waals surface area (Å²) in [5, 5.41) is 9.04. The van der Waals surface area contributed by atoms with E-state index in [-0.39, 0.29) is 18.4 Å². The number of nitrogens with one attached hydrogen (secondary N) is 3. The first kappa shape index (κ1) is 17.8. The first-order chi connectivity index (χ1) is 11.5. The summed E-state index contributed by atoms with van der Waals surface area (Å²) in [5.41, 5.74) is 2.83. The molecule has 24 heavy (non-hydrogen) atoms. The molecule has 0 saturated carbocycles. The summed E-state index contributed by atoms with van der Waals surface area (Å²) in [7, 11) is 0. The molecular weight excluding hydrogens is 326 g/mol. The monoisotopic (exact) mass is 345 g/mol. The average molecular weight is 346 g/mol. The van der Waals surface area contributed by atoms with Crippen LogP contribution in [0.5, 0.6) is 0 Å². The zero-order chi connectivity index (χ0) is 17.5. The van der Waals surface area contributed by atoms with Crippen molar-refractivity contribution >= 4 is 34.8 Å². The van der Waals surface area contributed by atoms with Gasteiger partial charge >= 0.3 is 0 Å². The fourth-order valence-electron chi connectivity index (χ4n) is 2.14. The lowest BCUT2D eigenvalue weighted by Crippen LogP contribution is -2.24. The molecule has 0 spiro atoms. The third-order valence-corrected chi connectivity index (χ3v) is 3.62. The van der Waals surface area contributed by atoms with Gasteiger partial charge in [-0.25, -0.2) is 0 Å². The molecule has 0 radical (unpaired) electrons. The number of anilines is 2. The Morgan fingerprint density at radius 1 is 1.12 bits per heavy atom. The van der Waals surface area contributed by atoms with E-state index < -0.39 is 0 Å². The van der Waals surface area contributed by atoms with E-state index >= 15 is 0 Å². The summed E-state index contributed by atoms with van der Waals surface area (Å²) < 4.78 is 0. The van der Waals surface area contributed by atoms with Crippen molar-refractivity contribution in [1.29, 1.82) is 0 Å². The van der Waals surface area contributed by atoms with Gasteiger partial charge in [-0.1, -0.05) is 23.7 Å². The van der Waals surface area contributed by atoms with E-state index in [0.29, 0.717) is 28.5 Å². The molecule has 0 aliphatic carbocycles. The summed E-state index contributed by atoms with van der Waals surface area (Å²) in [6.07, 6.45) is 0. The number of carbonyl (C=O) groups is 2. The average Bonchev–Trinajstić information content (AvgIpc) is 2.54. The summed E-state index contributed by atoms with van der Waals surface area (Å²) >= 11 is 6.12. The van der Waals surface area contributed by atoms with Crippen LogP contribution in [0.25, 0.3) is 0 Å². The third-order valence-electron chi connectivity index (χ3n) is 3.31. The molecule has 2 rings (SSSR count). The van der Waals surface area contributed by atoms with Crippen LogP contribution >= 0.6 is 11.6 Å². The number of hydrogen-bond donors (Lipinski definition) is 3. The Bertz CT molecular complexity index is 747. The second-order valence-corrected chi connectivity index (χ2v) is 5.73. The van der Waals surface area contributed by atoms with Crippen LogP contribution in [-0.4, -0.2) is 24.9 Å². The van der Waals surface area contributed by atoms with Crippen molar-refractivity contribution in [3.63, 3.8) is 0 Å². The van der Waals surface area contributed by atoms with Crippen molar-refractivity contribution in [2.24, 2.45) is 0 Å². The van der Waals surface area contributed by atoms with Gasteiger partial charge in [-0.3, -0.25) is 9.59 Å². The van der Waals surface area contributed by atoms with E-state index in [9.17, 15) is 9.59 Å². The number of carbonyl (C=O) groups excluding carboxylic acids is 2. The number of halogens is 1. The molecule has 0 unspecified atom stereocenters. The van der Waals surface area contributed by atoms with Crippen LogP contribution in [0.1, 0.15) is 22.8 Å². The lowest BCUT2D eigenvalue weighted by molar-refractivity contribution is -0.114. The Balaban J connectivity index is 1.95. The van der Waals surface area contributed by atoms with Crippen LogP contribution in [-0.2, 0) is 4.79 Å². The zero-order valence-electron chi connectivity index (χ0n) is 13.7. The normalized spacial score (nSPS) is 10.1. The van der Waals surface area contributed by atoms with Gasteiger partial charge in [0, 0.05) is 17.8 Å². The molecule has 0 saturated heterocycles. The van der Waals surface area contributed by atoms with Crippen LogP contribution < -0.4 is 16.0 Å². The summed E-state index contributed by atoms with van der Waals surface area (Å²) in [6, 6.07) is 12.4. The van der Waals surface area contributed by atoms with Crippen LogP contribution in [0.2, 0.25) is 5.02 Å². The topological polar surface area (TPSA) is 70.2 Å². The quantitative estimate of drug-likeness (QED) is 0.751. The lowest BCUT2D eigenvalue weighted by atomic mass is 10.2. The standard InChI is InChI=1S/C18H20ClN3O2/c1-3-20-18(24)13-5-4-6-14(10-13)22-17(23)11-21-16-8-7-12(2)9-15(16)19/h4-10,21H,3,11H2,1-2H3,(H,20,24)(H,22,23). The van der Waals surface area contributed by atoms with Crippen molar-refractivity contribution in [3.05, 3.63) is 58.6 Å². The minimum absolute atomic E-state index is 0.0775. The van der Waals surface area contributed by atoms with E-state index in [2.05, 4.69) is 16.0 Å². The predicted octanol–water partition coefficient (Wildman–Crippen LogP) is 3.45. The van der Waals surface area contributed by atoms with Gasteiger partial charge in [-0.05, 0) is 49.7 Å². The van der Waals surface area contributed by atoms with Gasteiger partial charge in [-0.2, -0.15) is 0 Å². The first-order valence-corrected chi connectivity index (χ1v) is 8.05. The summed E-state index contributed by atoms with van der Waals surface area (Å²) in [6.45, 7) is 4.43. The summed E-state index contributed by atoms with van der Waals surface area (Å²) in [5.74, 6) is -0.391. The van der Waals surface area contributed by atoms with Gasteiger partial charge in [0.15, 0.2) is 0 Å². The van der Waals surface area contributed by atoms with Crippen LogP contribution in [0.3, 0.4) is 0 Å². The van der Waals surface area contributed by atoms with E-state index in [4.69, 9.17) is 11.6 Å². The minimum Gasteiger partial charge on any atom is -0.375 e. The smallest absolute Gasteiger partial charge is 0.251 e. The Morgan fingerprint density at radius 2 is 1.92 bits per heavy atom. The van der Waals surface area contributed by atoms with E-state index in [1.54, 1.807) is 24.3 Å². The molecule has 0 aliphatic heterocycles. The highest BCUT2D eigenvalue weighted by Gasteiger charge is 2.08. The molecule has 0 atom stereocenters. The molecule has 0 aromatic heterocycles. The van der Waals surface area contributed by atoms with Gasteiger partial charge < -0.3 is 16.0 Å². The maximum absolute atomic E-state index is 12.1. The Morgan fingerprint density at radius 3 is 2.62 bits per heavy atom. The third kappa shape index (κ3) is 4.99. The molecule has 2 amide bonds. The highest BCUT2D eigenvalue weighted by atomic mass is 35.5. The van der Waals surface area contributed by atoms with Crippen molar-refractivity contribution in [1.82, 2.24) is 5.32 Å². The minimum atomic E-state index is -0.223. The first-order valence-electron chi connectivity index (χ1n) is 7.67. The van der Waals surface area contributed by atoms with Crippen molar-refractivity contribution in [2.45, 2.75) is 13.8 Å². The molecule has 0 aliphatic rings. The molecule has 2 aromatic rings. The SMILES string of the molecule is CCNC(=O)c1cccc(NC(=O)CNc2ccc(C)cc2Cl)c1. The number of hydrogen-bond acceptors (Lipinski definition) is 3. The second-order valence-electron chi connectivity index (χ2n) is 5.33. The number of amides is 2. The molecule has 0 fully saturated rings. The van der Waals surface area contributed by atoms with Gasteiger partial charge in [0.2, 0.25) is 5.91 Å². The van der Waals surface area contributed by atoms with E-state index in [1.807, 2.05) is 32.0 Å². The fraction of sp³-hybridized carbons (Fsp3) is 0.222. The molecule has 3 N–H and O–H groups in total. The molecular formula is C18H20ClN3O2. The van der Waals surface area contributed by atoms with Gasteiger partial charge in [-0.15, -0.1) is 0 Å². The molecule has 0 bridgehead atoms. The maximum Gasteiger partial charge on any atom is 0.251 e. The number of rotatable bonds is 6. The van der Waals surface area contributed by atoms with Gasteiger partial charge in [0.05, 0.1) is 17.3 Å².